The van der Waals surface area contributed by atoms with Crippen molar-refractivity contribution in [2.24, 2.45) is 0 Å². The summed E-state index contributed by atoms with van der Waals surface area (Å²) in [7, 11) is 1.80. The monoisotopic (exact) mass is 385 g/mol. The summed E-state index contributed by atoms with van der Waals surface area (Å²) >= 11 is -0.521. The van der Waals surface area contributed by atoms with Crippen LogP contribution in [-0.2, 0) is 17.8 Å². The molecule has 3 aromatic rings. The standard InChI is InChI=1S/C18H15N3O3S2/c1-21-10-13-6-11(2-3-15(13)18(21)22)16-4-5-17(25-16)12-7-14(9-19-8-12)20-26(23)24/h2-9,20H,10H2,1H3,(H,23,24). The molecule has 1 aromatic carbocycles. The lowest BCUT2D eigenvalue weighted by Crippen LogP contribution is -2.17. The van der Waals surface area contributed by atoms with Crippen LogP contribution in [0.5, 0.6) is 0 Å². The molecule has 1 aliphatic heterocycles. The Morgan fingerprint density at radius 1 is 1.15 bits per heavy atom. The molecule has 4 rings (SSSR count). The summed E-state index contributed by atoms with van der Waals surface area (Å²) in [6, 6.07) is 11.7. The van der Waals surface area contributed by atoms with E-state index in [9.17, 15) is 9.00 Å². The van der Waals surface area contributed by atoms with Crippen molar-refractivity contribution in [1.82, 2.24) is 9.88 Å². The highest BCUT2D eigenvalue weighted by Gasteiger charge is 2.24. The third-order valence-corrected chi connectivity index (χ3v) is 5.80. The van der Waals surface area contributed by atoms with E-state index in [4.69, 9.17) is 4.55 Å². The number of hydrogen-bond acceptors (Lipinski definition) is 4. The zero-order valence-electron chi connectivity index (χ0n) is 13.8. The summed E-state index contributed by atoms with van der Waals surface area (Å²) in [6.45, 7) is 0.635. The predicted molar refractivity (Wildman–Crippen MR) is 103 cm³/mol. The zero-order chi connectivity index (χ0) is 18.3. The van der Waals surface area contributed by atoms with Gasteiger partial charge in [0.25, 0.3) is 17.2 Å². The lowest BCUT2D eigenvalue weighted by Gasteiger charge is -2.04. The van der Waals surface area contributed by atoms with E-state index < -0.39 is 11.3 Å². The molecule has 0 radical (unpaired) electrons. The number of aromatic nitrogens is 1. The van der Waals surface area contributed by atoms with Crippen LogP contribution >= 0.6 is 11.3 Å². The summed E-state index contributed by atoms with van der Waals surface area (Å²) in [5.74, 6) is 0.0649. The second-order valence-corrected chi connectivity index (χ2v) is 7.80. The van der Waals surface area contributed by atoms with Crippen LogP contribution in [0.1, 0.15) is 15.9 Å². The van der Waals surface area contributed by atoms with Crippen LogP contribution in [0.25, 0.3) is 20.9 Å². The molecule has 0 fully saturated rings. The first-order valence-corrected chi connectivity index (χ1v) is 9.75. The number of nitrogens with one attached hydrogen (secondary N) is 1. The van der Waals surface area contributed by atoms with Crippen molar-refractivity contribution in [2.45, 2.75) is 6.54 Å². The molecule has 3 heterocycles. The normalized spacial score (nSPS) is 14.4. The van der Waals surface area contributed by atoms with Crippen molar-refractivity contribution in [3.05, 3.63) is 59.9 Å². The number of nitrogens with zero attached hydrogens (tertiary/aromatic N) is 2. The molecule has 6 nitrogen and oxygen atoms in total. The van der Waals surface area contributed by atoms with Gasteiger partial charge < -0.3 is 4.90 Å². The van der Waals surface area contributed by atoms with Crippen LogP contribution in [0.4, 0.5) is 5.69 Å². The molecular formula is C18H15N3O3S2. The smallest absolute Gasteiger partial charge is 0.259 e. The van der Waals surface area contributed by atoms with E-state index in [-0.39, 0.29) is 5.91 Å². The summed E-state index contributed by atoms with van der Waals surface area (Å²) in [5.41, 5.74) is 4.24. The highest BCUT2D eigenvalue weighted by Crippen LogP contribution is 2.36. The summed E-state index contributed by atoms with van der Waals surface area (Å²) < 4.78 is 22.3. The van der Waals surface area contributed by atoms with Crippen molar-refractivity contribution < 1.29 is 13.6 Å². The van der Waals surface area contributed by atoms with E-state index in [0.29, 0.717) is 12.2 Å². The number of fused-ring (bicyclic) bond motifs is 1. The Balaban J connectivity index is 1.64. The lowest BCUT2D eigenvalue weighted by atomic mass is 10.1. The van der Waals surface area contributed by atoms with Gasteiger partial charge in [-0.25, -0.2) is 4.21 Å². The van der Waals surface area contributed by atoms with Crippen LogP contribution < -0.4 is 4.72 Å². The SMILES string of the molecule is CN1Cc2cc(-c3ccc(-c4cncc(NS(=O)O)c4)s3)ccc2C1=O. The molecule has 2 aromatic heterocycles. The number of carbonyl (C=O) groups is 1. The molecule has 0 saturated heterocycles. The Labute approximate surface area is 156 Å². The van der Waals surface area contributed by atoms with Gasteiger partial charge in [-0.05, 0) is 41.5 Å². The highest BCUT2D eigenvalue weighted by atomic mass is 32.2. The third-order valence-electron chi connectivity index (χ3n) is 4.21. The molecule has 1 unspecified atom stereocenters. The topological polar surface area (TPSA) is 82.5 Å². The third kappa shape index (κ3) is 3.14. The summed E-state index contributed by atoms with van der Waals surface area (Å²) in [4.78, 5) is 19.9. The van der Waals surface area contributed by atoms with Gasteiger partial charge in [0.1, 0.15) is 0 Å². The van der Waals surface area contributed by atoms with Gasteiger partial charge in [0, 0.05) is 40.7 Å². The second kappa shape index (κ2) is 6.64. The van der Waals surface area contributed by atoms with Gasteiger partial charge in [0.05, 0.1) is 11.9 Å². The summed E-state index contributed by atoms with van der Waals surface area (Å²) in [5, 5.41) is 0. The minimum atomic E-state index is -2.13. The molecule has 8 heteroatoms. The Kier molecular flexibility index (Phi) is 4.31. The molecule has 2 N–H and O–H groups in total. The number of hydrogen-bond donors (Lipinski definition) is 2. The number of benzene rings is 1. The molecule has 26 heavy (non-hydrogen) atoms. The first-order chi connectivity index (χ1) is 12.5. The zero-order valence-corrected chi connectivity index (χ0v) is 15.4. The maximum Gasteiger partial charge on any atom is 0.259 e. The number of rotatable bonds is 4. The van der Waals surface area contributed by atoms with E-state index in [1.807, 2.05) is 24.3 Å². The fraction of sp³-hybridized carbons (Fsp3) is 0.111. The lowest BCUT2D eigenvalue weighted by molar-refractivity contribution is 0.0816. The van der Waals surface area contributed by atoms with Crippen LogP contribution in [0.2, 0.25) is 0 Å². The average Bonchev–Trinajstić information content (AvgIpc) is 3.20. The maximum atomic E-state index is 12.0. The van der Waals surface area contributed by atoms with E-state index in [1.54, 1.807) is 35.5 Å². The molecule has 1 atom stereocenters. The van der Waals surface area contributed by atoms with Crippen molar-refractivity contribution in [3.63, 3.8) is 0 Å². The Morgan fingerprint density at radius 3 is 2.69 bits per heavy atom. The van der Waals surface area contributed by atoms with Crippen LogP contribution in [0, 0.1) is 0 Å². The minimum Gasteiger partial charge on any atom is -0.337 e. The Morgan fingerprint density at radius 2 is 1.92 bits per heavy atom. The minimum absolute atomic E-state index is 0.0649. The second-order valence-electron chi connectivity index (χ2n) is 6.01. The molecular weight excluding hydrogens is 370 g/mol. The number of anilines is 1. The molecule has 0 aliphatic carbocycles. The number of carbonyl (C=O) groups excluding carboxylic acids is 1. The van der Waals surface area contributed by atoms with Gasteiger partial charge in [0.15, 0.2) is 0 Å². The van der Waals surface area contributed by atoms with Crippen molar-refractivity contribution >= 4 is 34.2 Å². The van der Waals surface area contributed by atoms with Crippen molar-refractivity contribution in [1.29, 1.82) is 0 Å². The molecule has 0 bridgehead atoms. The van der Waals surface area contributed by atoms with Gasteiger partial charge >= 0.3 is 0 Å². The predicted octanol–water partition coefficient (Wildman–Crippen LogP) is 3.61. The van der Waals surface area contributed by atoms with E-state index >= 15 is 0 Å². The summed E-state index contributed by atoms with van der Waals surface area (Å²) in [6.07, 6.45) is 3.22. The number of pyridine rings is 1. The Hall–Kier alpha value is -2.55. The van der Waals surface area contributed by atoms with E-state index in [1.165, 1.54) is 6.20 Å². The first-order valence-electron chi connectivity index (χ1n) is 7.83. The number of amides is 1. The van der Waals surface area contributed by atoms with Gasteiger partial charge in [-0.2, -0.15) is 0 Å². The van der Waals surface area contributed by atoms with Gasteiger partial charge in [-0.15, -0.1) is 11.3 Å². The van der Waals surface area contributed by atoms with Gasteiger partial charge in [-0.1, -0.05) is 6.07 Å². The molecule has 1 amide bonds. The van der Waals surface area contributed by atoms with Crippen molar-refractivity contribution in [3.8, 4) is 20.9 Å². The van der Waals surface area contributed by atoms with Crippen LogP contribution in [-0.4, -0.2) is 31.6 Å². The fourth-order valence-corrected chi connectivity index (χ4v) is 4.30. The fourth-order valence-electron chi connectivity index (χ4n) is 3.00. The van der Waals surface area contributed by atoms with Crippen molar-refractivity contribution in [2.75, 3.05) is 11.8 Å². The largest absolute Gasteiger partial charge is 0.337 e. The maximum absolute atomic E-state index is 12.0. The molecule has 1 aliphatic rings. The van der Waals surface area contributed by atoms with E-state index in [2.05, 4.69) is 15.8 Å². The Bertz CT molecular complexity index is 1030. The first kappa shape index (κ1) is 16.9. The van der Waals surface area contributed by atoms with Crippen LogP contribution in [0.15, 0.2) is 48.8 Å². The molecule has 132 valence electrons. The van der Waals surface area contributed by atoms with Crippen LogP contribution in [0.3, 0.4) is 0 Å². The highest BCUT2D eigenvalue weighted by molar-refractivity contribution is 7.80. The van der Waals surface area contributed by atoms with Gasteiger partial charge in [-0.3, -0.25) is 19.1 Å². The number of thiophene rings is 1. The molecule has 0 spiro atoms. The van der Waals surface area contributed by atoms with Gasteiger partial charge in [0.2, 0.25) is 0 Å². The quantitative estimate of drug-likeness (QED) is 0.672. The van der Waals surface area contributed by atoms with E-state index in [0.717, 1.165) is 32.0 Å². The molecule has 0 saturated carbocycles. The average molecular weight is 385 g/mol.